The second-order valence-corrected chi connectivity index (χ2v) is 6.03. The highest BCUT2D eigenvalue weighted by molar-refractivity contribution is 5.87. The van der Waals surface area contributed by atoms with Crippen molar-refractivity contribution in [3.63, 3.8) is 0 Å². The van der Waals surface area contributed by atoms with Crippen LogP contribution in [0.5, 0.6) is 0 Å². The van der Waals surface area contributed by atoms with E-state index in [1.807, 2.05) is 0 Å². The molecule has 7 nitrogen and oxygen atoms in total. The van der Waals surface area contributed by atoms with Crippen molar-refractivity contribution in [3.8, 4) is 0 Å². The lowest BCUT2D eigenvalue weighted by Crippen LogP contribution is -2.55. The maximum absolute atomic E-state index is 12.5. The van der Waals surface area contributed by atoms with E-state index in [0.717, 1.165) is 25.7 Å². The third kappa shape index (κ3) is 3.72. The van der Waals surface area contributed by atoms with Gasteiger partial charge in [-0.15, -0.1) is 0 Å². The Labute approximate surface area is 123 Å². The van der Waals surface area contributed by atoms with Gasteiger partial charge >= 0.3 is 5.97 Å². The molecule has 118 valence electrons. The third-order valence-electron chi connectivity index (χ3n) is 4.49. The number of ether oxygens (including phenoxy) is 1. The van der Waals surface area contributed by atoms with E-state index in [-0.39, 0.29) is 25.4 Å². The van der Waals surface area contributed by atoms with Crippen molar-refractivity contribution in [2.45, 2.75) is 44.6 Å². The predicted molar refractivity (Wildman–Crippen MR) is 73.3 cm³/mol. The first kappa shape index (κ1) is 15.8. The van der Waals surface area contributed by atoms with Crippen molar-refractivity contribution < 1.29 is 24.2 Å². The van der Waals surface area contributed by atoms with Crippen molar-refractivity contribution in [3.05, 3.63) is 0 Å². The molecule has 1 saturated heterocycles. The zero-order valence-electron chi connectivity index (χ0n) is 12.0. The molecule has 7 heteroatoms. The van der Waals surface area contributed by atoms with Gasteiger partial charge < -0.3 is 20.5 Å². The molecule has 0 spiro atoms. The van der Waals surface area contributed by atoms with Gasteiger partial charge in [-0.3, -0.25) is 14.4 Å². The second kappa shape index (κ2) is 6.43. The molecule has 2 fully saturated rings. The predicted octanol–water partition coefficient (Wildman–Crippen LogP) is 0.124. The zero-order chi connectivity index (χ0) is 15.5. The van der Waals surface area contributed by atoms with E-state index in [9.17, 15) is 14.4 Å². The highest BCUT2D eigenvalue weighted by Crippen LogP contribution is 2.44. The van der Waals surface area contributed by atoms with Crippen molar-refractivity contribution in [2.24, 2.45) is 11.1 Å². The number of rotatable bonds is 5. The number of amides is 2. The van der Waals surface area contributed by atoms with E-state index in [2.05, 4.69) is 0 Å². The summed E-state index contributed by atoms with van der Waals surface area (Å²) in [6, 6.07) is -0.741. The Morgan fingerprint density at radius 3 is 2.48 bits per heavy atom. The molecular formula is C14H22N2O5. The highest BCUT2D eigenvalue weighted by Gasteiger charge is 2.41. The van der Waals surface area contributed by atoms with E-state index in [1.165, 1.54) is 4.90 Å². The Hall–Kier alpha value is -1.63. The fourth-order valence-electron chi connectivity index (χ4n) is 3.42. The molecule has 1 unspecified atom stereocenters. The number of primary amides is 1. The number of aliphatic carboxylic acids is 1. The minimum absolute atomic E-state index is 0.00428. The van der Waals surface area contributed by atoms with Crippen LogP contribution in [-0.2, 0) is 19.1 Å². The minimum Gasteiger partial charge on any atom is -0.481 e. The molecule has 0 bridgehead atoms. The summed E-state index contributed by atoms with van der Waals surface area (Å²) in [4.78, 5) is 36.5. The molecule has 1 aliphatic heterocycles. The van der Waals surface area contributed by atoms with Crippen LogP contribution in [0.4, 0.5) is 0 Å². The van der Waals surface area contributed by atoms with E-state index in [1.54, 1.807) is 0 Å². The number of morpholine rings is 1. The van der Waals surface area contributed by atoms with Crippen LogP contribution in [0.1, 0.15) is 38.5 Å². The largest absolute Gasteiger partial charge is 0.481 e. The first-order valence-corrected chi connectivity index (χ1v) is 7.32. The third-order valence-corrected chi connectivity index (χ3v) is 4.49. The number of carboxylic acid groups (broad SMARTS) is 1. The summed E-state index contributed by atoms with van der Waals surface area (Å²) in [6.07, 6.45) is 3.56. The van der Waals surface area contributed by atoms with Crippen LogP contribution < -0.4 is 5.73 Å². The molecular weight excluding hydrogens is 276 g/mol. The summed E-state index contributed by atoms with van der Waals surface area (Å²) in [7, 11) is 0. The molecule has 0 aromatic heterocycles. The summed E-state index contributed by atoms with van der Waals surface area (Å²) in [6.45, 7) is 0.823. The van der Waals surface area contributed by atoms with Gasteiger partial charge in [-0.05, 0) is 18.3 Å². The number of nitrogens with zero attached hydrogens (tertiary/aromatic N) is 1. The molecule has 21 heavy (non-hydrogen) atoms. The van der Waals surface area contributed by atoms with Crippen LogP contribution >= 0.6 is 0 Å². The number of carbonyl (C=O) groups is 3. The highest BCUT2D eigenvalue weighted by atomic mass is 16.5. The maximum atomic E-state index is 12.5. The average Bonchev–Trinajstić information content (AvgIpc) is 2.85. The number of carboxylic acids is 1. The molecule has 1 atom stereocenters. The number of nitrogens with two attached hydrogens (primary N) is 1. The SMILES string of the molecule is NC(=O)C1COCCN1C(=O)CC1(CC(=O)O)CCCC1. The first-order chi connectivity index (χ1) is 9.93. The molecule has 0 aromatic rings. The van der Waals surface area contributed by atoms with E-state index in [0.29, 0.717) is 13.2 Å². The molecule has 2 amide bonds. The van der Waals surface area contributed by atoms with Crippen molar-refractivity contribution in [1.29, 1.82) is 0 Å². The van der Waals surface area contributed by atoms with Crippen molar-refractivity contribution >= 4 is 17.8 Å². The average molecular weight is 298 g/mol. The fourth-order valence-corrected chi connectivity index (χ4v) is 3.42. The Kier molecular flexibility index (Phi) is 4.82. The quantitative estimate of drug-likeness (QED) is 0.749. The van der Waals surface area contributed by atoms with Gasteiger partial charge in [0, 0.05) is 13.0 Å². The van der Waals surface area contributed by atoms with Gasteiger partial charge in [-0.2, -0.15) is 0 Å². The van der Waals surface area contributed by atoms with Gasteiger partial charge in [0.15, 0.2) is 0 Å². The van der Waals surface area contributed by atoms with Crippen LogP contribution in [0.3, 0.4) is 0 Å². The molecule has 1 heterocycles. The number of hydrogen-bond donors (Lipinski definition) is 2. The van der Waals surface area contributed by atoms with Gasteiger partial charge in [0.1, 0.15) is 6.04 Å². The monoisotopic (exact) mass is 298 g/mol. The standard InChI is InChI=1S/C14H22N2O5/c15-13(20)10-9-21-6-5-16(10)11(17)7-14(8-12(18)19)3-1-2-4-14/h10H,1-9H2,(H2,15,20)(H,18,19). The molecule has 2 rings (SSSR count). The van der Waals surface area contributed by atoms with E-state index >= 15 is 0 Å². The summed E-state index contributed by atoms with van der Waals surface area (Å²) in [5, 5.41) is 9.08. The maximum Gasteiger partial charge on any atom is 0.303 e. The summed E-state index contributed by atoms with van der Waals surface area (Å²) in [5.74, 6) is -1.65. The minimum atomic E-state index is -0.877. The lowest BCUT2D eigenvalue weighted by atomic mass is 9.79. The van der Waals surface area contributed by atoms with Crippen molar-refractivity contribution in [1.82, 2.24) is 4.90 Å². The Morgan fingerprint density at radius 1 is 1.24 bits per heavy atom. The van der Waals surface area contributed by atoms with Gasteiger partial charge in [0.05, 0.1) is 19.6 Å². The molecule has 0 radical (unpaired) electrons. The van der Waals surface area contributed by atoms with Crippen LogP contribution in [-0.4, -0.2) is 53.6 Å². The topological polar surface area (TPSA) is 110 Å². The lowest BCUT2D eigenvalue weighted by molar-refractivity contribution is -0.150. The molecule has 3 N–H and O–H groups in total. The van der Waals surface area contributed by atoms with Crippen molar-refractivity contribution in [2.75, 3.05) is 19.8 Å². The summed E-state index contributed by atoms with van der Waals surface area (Å²) < 4.78 is 5.19. The van der Waals surface area contributed by atoms with Crippen LogP contribution in [0.25, 0.3) is 0 Å². The van der Waals surface area contributed by atoms with Gasteiger partial charge in [-0.1, -0.05) is 12.8 Å². The van der Waals surface area contributed by atoms with E-state index in [4.69, 9.17) is 15.6 Å². The van der Waals surface area contributed by atoms with Crippen LogP contribution in [0.15, 0.2) is 0 Å². The zero-order valence-corrected chi connectivity index (χ0v) is 12.0. The van der Waals surface area contributed by atoms with Gasteiger partial charge in [0.25, 0.3) is 0 Å². The smallest absolute Gasteiger partial charge is 0.303 e. The Bertz CT molecular complexity index is 431. The summed E-state index contributed by atoms with van der Waals surface area (Å²) in [5.41, 5.74) is 4.84. The first-order valence-electron chi connectivity index (χ1n) is 7.32. The molecule has 0 aromatic carbocycles. The van der Waals surface area contributed by atoms with Crippen LogP contribution in [0, 0.1) is 5.41 Å². The number of carbonyl (C=O) groups excluding carboxylic acids is 2. The fraction of sp³-hybridized carbons (Fsp3) is 0.786. The van der Waals surface area contributed by atoms with Crippen LogP contribution in [0.2, 0.25) is 0 Å². The molecule has 1 saturated carbocycles. The lowest BCUT2D eigenvalue weighted by Gasteiger charge is -2.36. The molecule has 2 aliphatic rings. The van der Waals surface area contributed by atoms with E-state index < -0.39 is 23.3 Å². The van der Waals surface area contributed by atoms with Gasteiger partial charge in [0.2, 0.25) is 11.8 Å². The number of hydrogen-bond acceptors (Lipinski definition) is 4. The van der Waals surface area contributed by atoms with Gasteiger partial charge in [-0.25, -0.2) is 0 Å². The Morgan fingerprint density at radius 2 is 1.90 bits per heavy atom. The Balaban J connectivity index is 2.07. The second-order valence-electron chi connectivity index (χ2n) is 6.03. The normalized spacial score (nSPS) is 24.8. The molecule has 1 aliphatic carbocycles. The summed E-state index contributed by atoms with van der Waals surface area (Å²) >= 11 is 0.